The normalized spacial score (nSPS) is 29.4. The number of imidazole rings is 1. The molecular formula is C12H15FN5O12P3. The van der Waals surface area contributed by atoms with Gasteiger partial charge in [-0.2, -0.15) is 8.62 Å². The zero-order valence-corrected chi connectivity index (χ0v) is 18.5. The Labute approximate surface area is 182 Å². The van der Waals surface area contributed by atoms with Gasteiger partial charge in [-0.15, -0.1) is 6.42 Å². The van der Waals surface area contributed by atoms with Crippen LogP contribution in [0.2, 0.25) is 0 Å². The van der Waals surface area contributed by atoms with E-state index in [1.807, 2.05) is 0 Å². The molecule has 0 bridgehead atoms. The van der Waals surface area contributed by atoms with Crippen molar-refractivity contribution in [2.45, 2.75) is 24.1 Å². The van der Waals surface area contributed by atoms with Crippen LogP contribution in [0.4, 0.5) is 10.2 Å². The molecule has 0 amide bonds. The summed E-state index contributed by atoms with van der Waals surface area (Å²) in [7, 11) is -16.9. The number of nitrogens with two attached hydrogens (primary N) is 1. The molecule has 0 saturated carbocycles. The number of phosphoric acid groups is 3. The first kappa shape index (κ1) is 25.8. The van der Waals surface area contributed by atoms with Crippen molar-refractivity contribution in [2.24, 2.45) is 0 Å². The predicted octanol–water partition coefficient (Wildman–Crippen LogP) is -0.648. The molecule has 6 atom stereocenters. The molecule has 0 aliphatic carbocycles. The van der Waals surface area contributed by atoms with Gasteiger partial charge in [0.2, 0.25) is 5.67 Å². The average molecular weight is 533 g/mol. The van der Waals surface area contributed by atoms with E-state index in [1.54, 1.807) is 5.92 Å². The fourth-order valence-electron chi connectivity index (χ4n) is 2.82. The third kappa shape index (κ3) is 5.47. The Morgan fingerprint density at radius 2 is 1.88 bits per heavy atom. The van der Waals surface area contributed by atoms with Crippen LogP contribution in [0.1, 0.15) is 6.23 Å². The van der Waals surface area contributed by atoms with E-state index in [-0.39, 0.29) is 17.0 Å². The summed E-state index contributed by atoms with van der Waals surface area (Å²) in [6.45, 7) is -1.14. The molecule has 1 aliphatic heterocycles. The minimum Gasteiger partial charge on any atom is -0.386 e. The molecule has 1 fully saturated rings. The number of terminal acetylenes is 1. The number of rotatable bonds is 8. The highest BCUT2D eigenvalue weighted by Gasteiger charge is 2.58. The quantitative estimate of drug-likeness (QED) is 0.182. The number of aromatic nitrogens is 4. The van der Waals surface area contributed by atoms with E-state index in [2.05, 4.69) is 28.1 Å². The van der Waals surface area contributed by atoms with Crippen molar-refractivity contribution >= 4 is 40.4 Å². The molecule has 182 valence electrons. The molecule has 33 heavy (non-hydrogen) atoms. The molecule has 7 N–H and O–H groups in total. The van der Waals surface area contributed by atoms with Crippen LogP contribution >= 0.6 is 23.5 Å². The highest BCUT2D eigenvalue weighted by atomic mass is 31.3. The minimum absolute atomic E-state index is 0.0227. The van der Waals surface area contributed by atoms with Crippen LogP contribution in [0.25, 0.3) is 11.2 Å². The fraction of sp³-hybridized carbons (Fsp3) is 0.417. The molecule has 0 spiro atoms. The van der Waals surface area contributed by atoms with Crippen LogP contribution in [0, 0.1) is 12.3 Å². The number of halogens is 1. The van der Waals surface area contributed by atoms with E-state index >= 15 is 4.39 Å². The van der Waals surface area contributed by atoms with Crippen LogP contribution in [0.15, 0.2) is 12.7 Å². The zero-order valence-electron chi connectivity index (χ0n) is 15.9. The number of anilines is 1. The van der Waals surface area contributed by atoms with Crippen molar-refractivity contribution in [3.8, 4) is 12.3 Å². The van der Waals surface area contributed by atoms with Crippen molar-refractivity contribution in [3.63, 3.8) is 0 Å². The van der Waals surface area contributed by atoms with Crippen LogP contribution < -0.4 is 5.73 Å². The second-order valence-corrected chi connectivity index (χ2v) is 10.8. The second kappa shape index (κ2) is 8.75. The van der Waals surface area contributed by atoms with Gasteiger partial charge < -0.3 is 35.2 Å². The van der Waals surface area contributed by atoms with Crippen molar-refractivity contribution in [2.75, 3.05) is 12.3 Å². The monoisotopic (exact) mass is 533 g/mol. The van der Waals surface area contributed by atoms with Crippen molar-refractivity contribution in [3.05, 3.63) is 12.7 Å². The van der Waals surface area contributed by atoms with E-state index in [0.29, 0.717) is 0 Å². The lowest BCUT2D eigenvalue weighted by atomic mass is 9.97. The Bertz CT molecular complexity index is 1250. The maximum absolute atomic E-state index is 15.5. The number of aliphatic hydroxyl groups excluding tert-OH is 1. The van der Waals surface area contributed by atoms with Gasteiger partial charge in [0.15, 0.2) is 17.7 Å². The number of nitrogens with zero attached hydrogens (tertiary/aromatic N) is 4. The zero-order chi connectivity index (χ0) is 24.8. The minimum atomic E-state index is -5.78. The standard InChI is InChI=1S/C12H15FN5O12P3/c1-2-12(13)8(19)6(3-27-32(23,24)30-33(25,26)29-31(20,21)22)28-11(12)18-5-17-7-9(14)15-4-16-10(7)18/h1,4-6,8,11,19H,3H2,(H,23,24)(H,25,26)(H2,14,15,16)(H2,20,21,22)/t6-,8-,11-,12-/m1/s1. The third-order valence-electron chi connectivity index (χ3n) is 4.12. The number of fused-ring (bicyclic) bond motifs is 1. The topological polar surface area (TPSA) is 259 Å². The van der Waals surface area contributed by atoms with Crippen molar-refractivity contribution < 1.29 is 60.6 Å². The van der Waals surface area contributed by atoms with E-state index in [9.17, 15) is 23.7 Å². The molecule has 1 saturated heterocycles. The summed E-state index contributed by atoms with van der Waals surface area (Å²) >= 11 is 0. The van der Waals surface area contributed by atoms with Crippen molar-refractivity contribution in [1.82, 2.24) is 19.5 Å². The Morgan fingerprint density at radius 1 is 1.21 bits per heavy atom. The van der Waals surface area contributed by atoms with Gasteiger partial charge in [-0.3, -0.25) is 9.09 Å². The predicted molar refractivity (Wildman–Crippen MR) is 102 cm³/mol. The van der Waals surface area contributed by atoms with Gasteiger partial charge in [-0.05, 0) is 0 Å². The summed E-state index contributed by atoms with van der Waals surface area (Å²) in [4.78, 5) is 47.2. The summed E-state index contributed by atoms with van der Waals surface area (Å²) in [5.74, 6) is 1.68. The largest absolute Gasteiger partial charge is 0.490 e. The molecule has 2 aromatic heterocycles. The lowest BCUT2D eigenvalue weighted by molar-refractivity contribution is -0.0496. The molecule has 2 unspecified atom stereocenters. The van der Waals surface area contributed by atoms with Gasteiger partial charge in [-0.25, -0.2) is 33.0 Å². The van der Waals surface area contributed by atoms with Gasteiger partial charge in [0.1, 0.15) is 24.1 Å². The van der Waals surface area contributed by atoms with E-state index < -0.39 is 54.2 Å². The van der Waals surface area contributed by atoms with Crippen LogP contribution in [0.3, 0.4) is 0 Å². The molecule has 21 heteroatoms. The van der Waals surface area contributed by atoms with Gasteiger partial charge in [0, 0.05) is 0 Å². The lowest BCUT2D eigenvalue weighted by Crippen LogP contribution is -2.42. The number of hydrogen-bond donors (Lipinski definition) is 6. The maximum atomic E-state index is 15.5. The summed E-state index contributed by atoms with van der Waals surface area (Å²) in [6, 6.07) is 0. The number of nitrogen functional groups attached to an aromatic ring is 1. The van der Waals surface area contributed by atoms with Gasteiger partial charge >= 0.3 is 23.5 Å². The molecule has 0 radical (unpaired) electrons. The third-order valence-corrected chi connectivity index (χ3v) is 7.93. The SMILES string of the molecule is C#C[C@@]1(F)[C@H](O)[C@@H](COP(=O)(O)OP(=O)(O)OP(=O)(O)O)O[C@H]1n1cnc2c(N)ncnc21. The fourth-order valence-corrected chi connectivity index (χ4v) is 5.85. The van der Waals surface area contributed by atoms with Crippen LogP contribution in [0.5, 0.6) is 0 Å². The Morgan fingerprint density at radius 3 is 2.48 bits per heavy atom. The molecule has 17 nitrogen and oxygen atoms in total. The number of hydrogen-bond acceptors (Lipinski definition) is 12. The van der Waals surface area contributed by atoms with Crippen molar-refractivity contribution in [1.29, 1.82) is 0 Å². The first-order valence-corrected chi connectivity index (χ1v) is 12.8. The summed E-state index contributed by atoms with van der Waals surface area (Å²) in [5.41, 5.74) is 2.75. The summed E-state index contributed by atoms with van der Waals surface area (Å²) < 4.78 is 67.2. The van der Waals surface area contributed by atoms with Gasteiger partial charge in [0.05, 0.1) is 12.9 Å². The first-order chi connectivity index (χ1) is 15.1. The molecular weight excluding hydrogens is 518 g/mol. The first-order valence-electron chi connectivity index (χ1n) is 8.30. The summed E-state index contributed by atoms with van der Waals surface area (Å²) in [5, 5.41) is 10.3. The molecule has 3 heterocycles. The lowest BCUT2D eigenvalue weighted by Gasteiger charge is -2.23. The number of aliphatic hydroxyl groups is 1. The number of alkyl halides is 1. The Kier molecular flexibility index (Phi) is 6.84. The van der Waals surface area contributed by atoms with Crippen LogP contribution in [-0.4, -0.2) is 68.7 Å². The van der Waals surface area contributed by atoms with Gasteiger partial charge in [0.25, 0.3) is 0 Å². The number of phosphoric ester groups is 1. The maximum Gasteiger partial charge on any atom is 0.490 e. The Hall–Kier alpha value is -1.83. The highest BCUT2D eigenvalue weighted by molar-refractivity contribution is 7.66. The van der Waals surface area contributed by atoms with E-state index in [4.69, 9.17) is 31.6 Å². The molecule has 2 aromatic rings. The number of ether oxygens (including phenoxy) is 1. The summed E-state index contributed by atoms with van der Waals surface area (Å²) in [6.07, 6.45) is 1.61. The highest BCUT2D eigenvalue weighted by Crippen LogP contribution is 2.66. The van der Waals surface area contributed by atoms with Crippen LogP contribution in [-0.2, 0) is 31.6 Å². The van der Waals surface area contributed by atoms with Gasteiger partial charge in [-0.1, -0.05) is 5.92 Å². The second-order valence-electron chi connectivity index (χ2n) is 6.35. The van der Waals surface area contributed by atoms with E-state index in [0.717, 1.165) is 17.2 Å². The van der Waals surface area contributed by atoms with E-state index in [1.165, 1.54) is 0 Å². The average Bonchev–Trinajstić information content (AvgIpc) is 3.18. The molecule has 3 rings (SSSR count). The molecule has 1 aliphatic rings. The Balaban J connectivity index is 1.79. The smallest absolute Gasteiger partial charge is 0.386 e. The molecule has 0 aromatic carbocycles.